The van der Waals surface area contributed by atoms with E-state index in [1.54, 1.807) is 0 Å². The number of rotatable bonds is 11. The maximum Gasteiger partial charge on any atom is 0.286 e. The first-order chi connectivity index (χ1) is 15.9. The van der Waals surface area contributed by atoms with E-state index in [-0.39, 0.29) is 11.8 Å². The lowest BCUT2D eigenvalue weighted by atomic mass is 9.72. The lowest BCUT2D eigenvalue weighted by Crippen LogP contribution is -2.50. The number of amides is 1. The van der Waals surface area contributed by atoms with E-state index in [4.69, 9.17) is 4.79 Å². The summed E-state index contributed by atoms with van der Waals surface area (Å²) < 4.78 is 0.946. The molecule has 0 unspecified atom stereocenters. The number of hydrogen-bond donors (Lipinski definition) is 1. The van der Waals surface area contributed by atoms with Gasteiger partial charge in [0.05, 0.1) is 27.2 Å². The molecule has 1 aromatic rings. The van der Waals surface area contributed by atoms with Gasteiger partial charge in [-0.2, -0.15) is 0 Å². The highest BCUT2D eigenvalue weighted by molar-refractivity contribution is 5.77. The Morgan fingerprint density at radius 3 is 2.27 bits per heavy atom. The molecule has 6 nitrogen and oxygen atoms in total. The Labute approximate surface area is 200 Å². The summed E-state index contributed by atoms with van der Waals surface area (Å²) in [5.41, 5.74) is 2.13. The van der Waals surface area contributed by atoms with Crippen LogP contribution in [0.25, 0.3) is 0 Å². The summed E-state index contributed by atoms with van der Waals surface area (Å²) in [6, 6.07) is 11.6. The molecule has 1 aliphatic rings. The summed E-state index contributed by atoms with van der Waals surface area (Å²) in [7, 11) is 4.40. The lowest BCUT2D eigenvalue weighted by Gasteiger charge is -2.43. The van der Waals surface area contributed by atoms with E-state index in [0.29, 0.717) is 6.42 Å². The van der Waals surface area contributed by atoms with E-state index >= 15 is 0 Å². The van der Waals surface area contributed by atoms with Crippen LogP contribution < -0.4 is 5.32 Å². The number of piperidine rings is 1. The number of nitrogens with zero attached hydrogens (tertiary/aromatic N) is 2. The van der Waals surface area contributed by atoms with Crippen molar-refractivity contribution in [3.05, 3.63) is 34.7 Å². The van der Waals surface area contributed by atoms with Gasteiger partial charge in [0.2, 0.25) is 0 Å². The minimum absolute atomic E-state index is 0.207. The molecule has 0 saturated carbocycles. The number of anilines is 1. The summed E-state index contributed by atoms with van der Waals surface area (Å²) in [5, 5.41) is 5.80. The fourth-order valence-electron chi connectivity index (χ4n) is 4.30. The van der Waals surface area contributed by atoms with Crippen molar-refractivity contribution in [1.82, 2.24) is 0 Å². The van der Waals surface area contributed by atoms with Gasteiger partial charge in [-0.25, -0.2) is 0 Å². The van der Waals surface area contributed by atoms with Gasteiger partial charge in [-0.1, -0.05) is 57.1 Å². The minimum atomic E-state index is -0.553. The first-order valence-corrected chi connectivity index (χ1v) is 12.2. The molecule has 1 heterocycles. The molecule has 1 fully saturated rings. The third kappa shape index (κ3) is 11.3. The highest BCUT2D eigenvalue weighted by Gasteiger charge is 2.40. The number of nitroso groups, excluding NO2 is 1. The summed E-state index contributed by atoms with van der Waals surface area (Å²) in [6.45, 7) is 6.23. The highest BCUT2D eigenvalue weighted by atomic mass is 16.3. The van der Waals surface area contributed by atoms with Gasteiger partial charge in [0.15, 0.2) is 0 Å². The second-order valence-corrected chi connectivity index (χ2v) is 9.86. The van der Waals surface area contributed by atoms with Crippen LogP contribution in [0.3, 0.4) is 0 Å². The fourth-order valence-corrected chi connectivity index (χ4v) is 4.30. The molecular formula is C27H42N3O3+. The second-order valence-electron chi connectivity index (χ2n) is 9.86. The number of carbonyl (C=O) groups is 2. The van der Waals surface area contributed by atoms with Gasteiger partial charge in [0.1, 0.15) is 6.79 Å². The van der Waals surface area contributed by atoms with Gasteiger partial charge < -0.3 is 14.6 Å². The largest absolute Gasteiger partial charge is 0.328 e. The maximum atomic E-state index is 11.7. The SMILES string of the molecule is C=O.CCCCCCCCc1ccc(NC#CCC2(CC(=O)N=O)CC[N+](C)(C)CC2)cc1. The molecule has 0 atom stereocenters. The van der Waals surface area contributed by atoms with E-state index in [1.165, 1.54) is 44.1 Å². The van der Waals surface area contributed by atoms with Crippen LogP contribution in [0.2, 0.25) is 0 Å². The van der Waals surface area contributed by atoms with Crippen LogP contribution in [0.5, 0.6) is 0 Å². The number of unbranched alkanes of at least 4 members (excludes halogenated alkanes) is 5. The highest BCUT2D eigenvalue weighted by Crippen LogP contribution is 2.39. The molecule has 1 aromatic carbocycles. The molecule has 0 aliphatic carbocycles. The molecule has 6 heteroatoms. The van der Waals surface area contributed by atoms with Crippen LogP contribution in [0, 0.1) is 22.3 Å². The third-order valence-corrected chi connectivity index (χ3v) is 6.65. The van der Waals surface area contributed by atoms with Gasteiger partial charge in [-0.05, 0) is 30.5 Å². The van der Waals surface area contributed by atoms with E-state index in [0.717, 1.165) is 42.5 Å². The molecule has 1 aliphatic heterocycles. The number of aryl methyl sites for hydroxylation is 1. The van der Waals surface area contributed by atoms with Crippen LogP contribution in [0.1, 0.15) is 76.7 Å². The third-order valence-electron chi connectivity index (χ3n) is 6.65. The van der Waals surface area contributed by atoms with Gasteiger partial charge >= 0.3 is 0 Å². The summed E-state index contributed by atoms with van der Waals surface area (Å²) in [5.74, 6) is 2.66. The van der Waals surface area contributed by atoms with Crippen LogP contribution in [-0.2, 0) is 16.0 Å². The number of benzene rings is 1. The van der Waals surface area contributed by atoms with E-state index in [1.807, 2.05) is 6.79 Å². The standard InChI is InChI=1S/C26H40N3O2.CH2O/c1-4-5-6-7-8-9-11-23-12-14-24(15-13-23)27-19-10-16-26(22-25(30)28-31)17-20-29(2,3)21-18-26;1-2/h12-15,27H,4-9,11,16-18,20-22H2,1-3H3;1H2/q+1;. The number of nitrogens with one attached hydrogen (secondary N) is 1. The Kier molecular flexibility index (Phi) is 13.3. The molecule has 182 valence electrons. The first-order valence-electron chi connectivity index (χ1n) is 12.2. The number of carbonyl (C=O) groups excluding carboxylic acids is 2. The Morgan fingerprint density at radius 1 is 1.06 bits per heavy atom. The van der Waals surface area contributed by atoms with Gasteiger partial charge in [0, 0.05) is 48.0 Å². The number of hydrogen-bond acceptors (Lipinski definition) is 4. The van der Waals surface area contributed by atoms with Crippen molar-refractivity contribution in [2.24, 2.45) is 10.6 Å². The minimum Gasteiger partial charge on any atom is -0.328 e. The average molecular weight is 457 g/mol. The zero-order valence-corrected chi connectivity index (χ0v) is 20.8. The van der Waals surface area contributed by atoms with E-state index < -0.39 is 5.91 Å². The van der Waals surface area contributed by atoms with Crippen molar-refractivity contribution in [2.45, 2.75) is 77.6 Å². The smallest absolute Gasteiger partial charge is 0.286 e. The van der Waals surface area contributed by atoms with Gasteiger partial charge in [0.25, 0.3) is 5.91 Å². The Morgan fingerprint density at radius 2 is 1.67 bits per heavy atom. The second kappa shape index (κ2) is 15.3. The number of likely N-dealkylation sites (tertiary alicyclic amines) is 1. The quantitative estimate of drug-likeness (QED) is 0.152. The molecule has 1 N–H and O–H groups in total. The van der Waals surface area contributed by atoms with Crippen molar-refractivity contribution in [3.8, 4) is 12.0 Å². The molecule has 0 spiro atoms. The molecule has 1 amide bonds. The van der Waals surface area contributed by atoms with Crippen LogP contribution in [0.15, 0.2) is 29.4 Å². The first kappa shape index (κ1) is 28.5. The normalized spacial score (nSPS) is 15.8. The van der Waals surface area contributed by atoms with E-state index in [9.17, 15) is 9.70 Å². The molecule has 0 radical (unpaired) electrons. The molecule has 33 heavy (non-hydrogen) atoms. The van der Waals surface area contributed by atoms with Crippen molar-refractivity contribution >= 4 is 18.4 Å². The molecule has 2 rings (SSSR count). The molecular weight excluding hydrogens is 414 g/mol. The summed E-state index contributed by atoms with van der Waals surface area (Å²) >= 11 is 0. The average Bonchev–Trinajstić information content (AvgIpc) is 2.83. The van der Waals surface area contributed by atoms with Crippen molar-refractivity contribution in [2.75, 3.05) is 32.5 Å². The van der Waals surface area contributed by atoms with Crippen LogP contribution in [0.4, 0.5) is 5.69 Å². The lowest BCUT2D eigenvalue weighted by molar-refractivity contribution is -0.897. The fraction of sp³-hybridized carbons (Fsp3) is 0.630. The molecule has 1 saturated heterocycles. The summed E-state index contributed by atoms with van der Waals surface area (Å²) in [6.07, 6.45) is 11.6. The monoisotopic (exact) mass is 456 g/mol. The summed E-state index contributed by atoms with van der Waals surface area (Å²) in [4.78, 5) is 30.4. The topological polar surface area (TPSA) is 75.6 Å². The van der Waals surface area contributed by atoms with Crippen molar-refractivity contribution in [1.29, 1.82) is 0 Å². The molecule has 0 bridgehead atoms. The van der Waals surface area contributed by atoms with Gasteiger partial charge in [-0.3, -0.25) is 4.79 Å². The zero-order chi connectivity index (χ0) is 24.6. The zero-order valence-electron chi connectivity index (χ0n) is 20.8. The van der Waals surface area contributed by atoms with Crippen LogP contribution in [-0.4, -0.2) is 44.4 Å². The Hall–Kier alpha value is -2.52. The maximum absolute atomic E-state index is 11.7. The predicted octanol–water partition coefficient (Wildman–Crippen LogP) is 5.71. The Bertz CT molecular complexity index is 768. The Balaban J connectivity index is 0.00000265. The van der Waals surface area contributed by atoms with Crippen molar-refractivity contribution in [3.63, 3.8) is 0 Å². The predicted molar refractivity (Wildman–Crippen MR) is 136 cm³/mol. The van der Waals surface area contributed by atoms with Crippen molar-refractivity contribution < 1.29 is 14.1 Å². The number of quaternary nitrogens is 1. The van der Waals surface area contributed by atoms with E-state index in [2.05, 4.69) is 67.7 Å². The van der Waals surface area contributed by atoms with Gasteiger partial charge in [-0.15, -0.1) is 4.91 Å². The van der Waals surface area contributed by atoms with Crippen LogP contribution >= 0.6 is 0 Å². The molecule has 0 aromatic heterocycles.